The van der Waals surface area contributed by atoms with Gasteiger partial charge in [-0.15, -0.1) is 0 Å². The molecule has 118 valence electrons. The van der Waals surface area contributed by atoms with Crippen molar-refractivity contribution in [2.45, 2.75) is 46.1 Å². The number of rotatable bonds is 5. The lowest BCUT2D eigenvalue weighted by atomic mass is 10.0. The van der Waals surface area contributed by atoms with Gasteiger partial charge >= 0.3 is 0 Å². The molecule has 22 heavy (non-hydrogen) atoms. The second-order valence-corrected chi connectivity index (χ2v) is 5.79. The first-order valence-electron chi connectivity index (χ1n) is 8.10. The van der Waals surface area contributed by atoms with Gasteiger partial charge in [-0.3, -0.25) is 4.79 Å². The topological polar surface area (TPSA) is 77.0 Å². The number of aryl methyl sites for hydroxylation is 1. The third kappa shape index (κ3) is 2.32. The second kappa shape index (κ2) is 5.94. The van der Waals surface area contributed by atoms with Gasteiger partial charge in [-0.25, -0.2) is 9.67 Å². The van der Waals surface area contributed by atoms with Crippen molar-refractivity contribution in [3.05, 3.63) is 17.5 Å². The fourth-order valence-corrected chi connectivity index (χ4v) is 3.06. The van der Waals surface area contributed by atoms with Crippen LogP contribution >= 0.6 is 0 Å². The number of carbonyl (C=O) groups excluding carboxylic acids is 1. The number of anilines is 1. The van der Waals surface area contributed by atoms with Gasteiger partial charge in [-0.1, -0.05) is 19.8 Å². The summed E-state index contributed by atoms with van der Waals surface area (Å²) in [6.07, 6.45) is 5.92. The number of pyridine rings is 1. The molecule has 0 bridgehead atoms. The van der Waals surface area contributed by atoms with Gasteiger partial charge in [0.1, 0.15) is 0 Å². The van der Waals surface area contributed by atoms with E-state index in [2.05, 4.69) is 12.0 Å². The predicted octanol–water partition coefficient (Wildman–Crippen LogP) is 2.22. The van der Waals surface area contributed by atoms with Crippen LogP contribution in [0.3, 0.4) is 0 Å². The summed E-state index contributed by atoms with van der Waals surface area (Å²) in [6, 6.07) is 0. The number of nitrogen functional groups attached to an aromatic ring is 1. The molecule has 1 aliphatic heterocycles. The highest BCUT2D eigenvalue weighted by atomic mass is 16.2. The van der Waals surface area contributed by atoms with Gasteiger partial charge in [0.2, 0.25) is 0 Å². The van der Waals surface area contributed by atoms with Gasteiger partial charge in [0.25, 0.3) is 5.91 Å². The standard InChI is InChI=1S/C16H23N5O/c1-3-5-6-8-21-15-11(10-18-21)14(17)13-12(19-15)7-9-20(4-2)16(13)22/h10H,3-9H2,1-2H3,(H2,17,19). The fourth-order valence-electron chi connectivity index (χ4n) is 3.06. The molecule has 2 aromatic rings. The summed E-state index contributed by atoms with van der Waals surface area (Å²) in [5.74, 6) is -0.00520. The fraction of sp³-hybridized carbons (Fsp3) is 0.562. The van der Waals surface area contributed by atoms with Gasteiger partial charge < -0.3 is 10.6 Å². The summed E-state index contributed by atoms with van der Waals surface area (Å²) in [6.45, 7) is 6.42. The maximum atomic E-state index is 12.5. The Morgan fingerprint density at radius 3 is 2.86 bits per heavy atom. The number of hydrogen-bond acceptors (Lipinski definition) is 4. The van der Waals surface area contributed by atoms with Crippen LogP contribution in [-0.4, -0.2) is 38.7 Å². The molecule has 6 nitrogen and oxygen atoms in total. The lowest BCUT2D eigenvalue weighted by molar-refractivity contribution is 0.0749. The van der Waals surface area contributed by atoms with Crippen LogP contribution in [0.1, 0.15) is 49.2 Å². The molecular formula is C16H23N5O. The molecule has 0 atom stereocenters. The molecule has 0 fully saturated rings. The smallest absolute Gasteiger partial charge is 0.257 e. The summed E-state index contributed by atoms with van der Waals surface area (Å²) in [5, 5.41) is 5.21. The summed E-state index contributed by atoms with van der Waals surface area (Å²) in [5.41, 5.74) is 9.01. The number of likely N-dealkylation sites (N-methyl/N-ethyl adjacent to an activating group) is 1. The van der Waals surface area contributed by atoms with E-state index in [1.54, 1.807) is 6.20 Å². The predicted molar refractivity (Wildman–Crippen MR) is 86.7 cm³/mol. The summed E-state index contributed by atoms with van der Waals surface area (Å²) in [7, 11) is 0. The SMILES string of the molecule is CCCCCn1ncc2c(N)c3c(nc21)CCN(CC)C3=O. The van der Waals surface area contributed by atoms with Crippen molar-refractivity contribution >= 4 is 22.6 Å². The zero-order valence-electron chi connectivity index (χ0n) is 13.3. The van der Waals surface area contributed by atoms with Crippen molar-refractivity contribution in [1.82, 2.24) is 19.7 Å². The van der Waals surface area contributed by atoms with E-state index >= 15 is 0 Å². The Hall–Kier alpha value is -2.11. The molecule has 3 rings (SSSR count). The van der Waals surface area contributed by atoms with E-state index in [0.717, 1.165) is 36.1 Å². The third-order valence-electron chi connectivity index (χ3n) is 4.38. The quantitative estimate of drug-likeness (QED) is 0.859. The molecule has 0 radical (unpaired) electrons. The molecule has 0 spiro atoms. The molecule has 0 saturated carbocycles. The molecule has 1 amide bonds. The number of hydrogen-bond donors (Lipinski definition) is 1. The Labute approximate surface area is 130 Å². The summed E-state index contributed by atoms with van der Waals surface area (Å²) < 4.78 is 1.91. The van der Waals surface area contributed by atoms with Gasteiger partial charge in [0, 0.05) is 26.1 Å². The van der Waals surface area contributed by atoms with Gasteiger partial charge in [0.15, 0.2) is 5.65 Å². The highest BCUT2D eigenvalue weighted by Gasteiger charge is 2.28. The number of fused-ring (bicyclic) bond motifs is 2. The monoisotopic (exact) mass is 301 g/mol. The van der Waals surface area contributed by atoms with Crippen molar-refractivity contribution in [3.63, 3.8) is 0 Å². The Morgan fingerprint density at radius 1 is 1.32 bits per heavy atom. The van der Waals surface area contributed by atoms with Crippen LogP contribution in [0.4, 0.5) is 5.69 Å². The number of amides is 1. The zero-order valence-corrected chi connectivity index (χ0v) is 13.3. The van der Waals surface area contributed by atoms with Gasteiger partial charge in [-0.05, 0) is 13.3 Å². The zero-order chi connectivity index (χ0) is 15.7. The lowest BCUT2D eigenvalue weighted by Crippen LogP contribution is -2.38. The van der Waals surface area contributed by atoms with Crippen LogP contribution in [0.5, 0.6) is 0 Å². The van der Waals surface area contributed by atoms with Crippen LogP contribution in [0.25, 0.3) is 11.0 Å². The average Bonchev–Trinajstić information content (AvgIpc) is 2.91. The molecule has 0 aliphatic carbocycles. The minimum Gasteiger partial charge on any atom is -0.397 e. The molecule has 0 aromatic carbocycles. The third-order valence-corrected chi connectivity index (χ3v) is 4.38. The number of nitrogens with two attached hydrogens (primary N) is 1. The first-order chi connectivity index (χ1) is 10.7. The van der Waals surface area contributed by atoms with Crippen molar-refractivity contribution in [1.29, 1.82) is 0 Å². The minimum atomic E-state index is -0.00520. The summed E-state index contributed by atoms with van der Waals surface area (Å²) in [4.78, 5) is 19.0. The molecule has 2 N–H and O–H groups in total. The molecule has 6 heteroatoms. The van der Waals surface area contributed by atoms with Gasteiger partial charge in [0.05, 0.1) is 28.5 Å². The van der Waals surface area contributed by atoms with Crippen LogP contribution < -0.4 is 5.73 Å². The number of unbranched alkanes of at least 4 members (excludes halogenated alkanes) is 2. The van der Waals surface area contributed by atoms with E-state index in [-0.39, 0.29) is 5.91 Å². The highest BCUT2D eigenvalue weighted by molar-refractivity contribution is 6.07. The van der Waals surface area contributed by atoms with E-state index in [4.69, 9.17) is 10.7 Å². The Kier molecular flexibility index (Phi) is 4.00. The van der Waals surface area contributed by atoms with E-state index in [0.29, 0.717) is 24.3 Å². The van der Waals surface area contributed by atoms with E-state index < -0.39 is 0 Å². The van der Waals surface area contributed by atoms with E-state index in [1.165, 1.54) is 12.8 Å². The number of carbonyl (C=O) groups is 1. The first-order valence-corrected chi connectivity index (χ1v) is 8.10. The number of nitrogens with zero attached hydrogens (tertiary/aromatic N) is 4. The largest absolute Gasteiger partial charge is 0.397 e. The van der Waals surface area contributed by atoms with Gasteiger partial charge in [-0.2, -0.15) is 5.10 Å². The maximum absolute atomic E-state index is 12.5. The number of aromatic nitrogens is 3. The first kappa shape index (κ1) is 14.8. The molecule has 1 aliphatic rings. The van der Waals surface area contributed by atoms with Crippen LogP contribution in [0.2, 0.25) is 0 Å². The lowest BCUT2D eigenvalue weighted by Gasteiger charge is -2.27. The summed E-state index contributed by atoms with van der Waals surface area (Å²) >= 11 is 0. The average molecular weight is 301 g/mol. The van der Waals surface area contributed by atoms with E-state index in [9.17, 15) is 4.79 Å². The molecule has 0 unspecified atom stereocenters. The Balaban J connectivity index is 2.03. The normalized spacial score (nSPS) is 14.6. The Bertz CT molecular complexity index is 706. The van der Waals surface area contributed by atoms with Crippen LogP contribution in [-0.2, 0) is 13.0 Å². The van der Waals surface area contributed by atoms with Crippen molar-refractivity contribution in [2.75, 3.05) is 18.8 Å². The van der Waals surface area contributed by atoms with Crippen molar-refractivity contribution < 1.29 is 4.79 Å². The molecule has 2 aromatic heterocycles. The molecular weight excluding hydrogens is 278 g/mol. The van der Waals surface area contributed by atoms with Crippen molar-refractivity contribution in [2.24, 2.45) is 0 Å². The van der Waals surface area contributed by atoms with Crippen LogP contribution in [0.15, 0.2) is 6.20 Å². The van der Waals surface area contributed by atoms with E-state index in [1.807, 2.05) is 16.5 Å². The maximum Gasteiger partial charge on any atom is 0.257 e. The molecule has 3 heterocycles. The van der Waals surface area contributed by atoms with Crippen LogP contribution in [0, 0.1) is 0 Å². The molecule has 0 saturated heterocycles. The highest BCUT2D eigenvalue weighted by Crippen LogP contribution is 2.30. The van der Waals surface area contributed by atoms with Crippen molar-refractivity contribution in [3.8, 4) is 0 Å². The Morgan fingerprint density at radius 2 is 2.14 bits per heavy atom. The minimum absolute atomic E-state index is 0.00520. The second-order valence-electron chi connectivity index (χ2n) is 5.79.